The van der Waals surface area contributed by atoms with Gasteiger partial charge in [0.25, 0.3) is 0 Å². The van der Waals surface area contributed by atoms with Gasteiger partial charge in [0.2, 0.25) is 0 Å². The van der Waals surface area contributed by atoms with Crippen molar-refractivity contribution in [2.24, 2.45) is 7.05 Å². The summed E-state index contributed by atoms with van der Waals surface area (Å²) >= 11 is 0. The Morgan fingerprint density at radius 3 is 2.58 bits per heavy atom. The average Bonchev–Trinajstić information content (AvgIpc) is 2.30. The number of fused-ring (bicyclic) bond motifs is 1. The molecule has 1 aromatic heterocycles. The monoisotopic (exact) mass is 267 g/mol. The molecule has 6 heteroatoms. The zero-order valence-corrected chi connectivity index (χ0v) is 10.3. The Hall–Kier alpha value is -2.24. The fourth-order valence-electron chi connectivity index (χ4n) is 2.14. The lowest BCUT2D eigenvalue weighted by Crippen LogP contribution is -2.21. The smallest absolute Gasteiger partial charge is 0.308 e. The van der Waals surface area contributed by atoms with Crippen LogP contribution in [0, 0.1) is 18.6 Å². The van der Waals surface area contributed by atoms with Crippen LogP contribution in [-0.4, -0.2) is 15.6 Å². The highest BCUT2D eigenvalue weighted by atomic mass is 19.1. The van der Waals surface area contributed by atoms with E-state index in [9.17, 15) is 18.4 Å². The lowest BCUT2D eigenvalue weighted by atomic mass is 10.0. The lowest BCUT2D eigenvalue weighted by molar-refractivity contribution is -0.136. The summed E-state index contributed by atoms with van der Waals surface area (Å²) in [6.07, 6.45) is -0.480. The molecule has 0 spiro atoms. The van der Waals surface area contributed by atoms with Crippen LogP contribution in [0.25, 0.3) is 10.9 Å². The van der Waals surface area contributed by atoms with Crippen molar-refractivity contribution >= 4 is 16.9 Å². The summed E-state index contributed by atoms with van der Waals surface area (Å²) < 4.78 is 28.3. The molecule has 0 fully saturated rings. The second-order valence-electron chi connectivity index (χ2n) is 4.31. The van der Waals surface area contributed by atoms with Crippen molar-refractivity contribution in [2.75, 3.05) is 0 Å². The Labute approximate surface area is 106 Å². The molecule has 0 saturated heterocycles. The van der Waals surface area contributed by atoms with Crippen LogP contribution in [0.15, 0.2) is 16.9 Å². The standard InChI is InChI=1S/C13H11F2NO3/c1-6-8(5-11(17)18)13(19)9-3-7(14)4-10(15)12(9)16(6)2/h3-4H,5H2,1-2H3,(H,17,18). The molecule has 0 atom stereocenters. The molecule has 0 aliphatic carbocycles. The van der Waals surface area contributed by atoms with Crippen molar-refractivity contribution in [2.45, 2.75) is 13.3 Å². The Balaban J connectivity index is 2.96. The number of benzene rings is 1. The number of pyridine rings is 1. The molecule has 0 aliphatic rings. The maximum atomic E-state index is 13.7. The Kier molecular flexibility index (Phi) is 3.09. The van der Waals surface area contributed by atoms with E-state index >= 15 is 0 Å². The van der Waals surface area contributed by atoms with Crippen LogP contribution in [0.1, 0.15) is 11.3 Å². The molecular weight excluding hydrogens is 256 g/mol. The van der Waals surface area contributed by atoms with Crippen molar-refractivity contribution in [3.05, 3.63) is 45.2 Å². The van der Waals surface area contributed by atoms with Gasteiger partial charge in [0, 0.05) is 24.4 Å². The zero-order valence-electron chi connectivity index (χ0n) is 10.3. The van der Waals surface area contributed by atoms with Crippen LogP contribution >= 0.6 is 0 Å². The molecule has 19 heavy (non-hydrogen) atoms. The fraction of sp³-hybridized carbons (Fsp3) is 0.231. The minimum absolute atomic E-state index is 0.0296. The highest BCUT2D eigenvalue weighted by Gasteiger charge is 2.17. The van der Waals surface area contributed by atoms with Gasteiger partial charge in [-0.25, -0.2) is 8.78 Å². The van der Waals surface area contributed by atoms with Gasteiger partial charge in [0.1, 0.15) is 11.6 Å². The van der Waals surface area contributed by atoms with Crippen LogP contribution in [0.5, 0.6) is 0 Å². The molecule has 1 aromatic carbocycles. The maximum absolute atomic E-state index is 13.7. The fourth-order valence-corrected chi connectivity index (χ4v) is 2.14. The summed E-state index contributed by atoms with van der Waals surface area (Å²) in [5, 5.41) is 8.64. The van der Waals surface area contributed by atoms with E-state index in [4.69, 9.17) is 5.11 Å². The summed E-state index contributed by atoms with van der Waals surface area (Å²) in [6.45, 7) is 1.53. The minimum atomic E-state index is -1.17. The van der Waals surface area contributed by atoms with Gasteiger partial charge < -0.3 is 9.67 Å². The van der Waals surface area contributed by atoms with Gasteiger partial charge >= 0.3 is 5.97 Å². The quantitative estimate of drug-likeness (QED) is 0.901. The number of carboxylic acids is 1. The number of aromatic nitrogens is 1. The number of carbonyl (C=O) groups is 1. The average molecular weight is 267 g/mol. The molecule has 0 bridgehead atoms. The van der Waals surface area contributed by atoms with E-state index < -0.39 is 29.5 Å². The summed E-state index contributed by atoms with van der Waals surface area (Å²) in [6, 6.07) is 1.61. The summed E-state index contributed by atoms with van der Waals surface area (Å²) in [5.41, 5.74) is -0.289. The molecular formula is C13H11F2NO3. The molecule has 0 saturated carbocycles. The predicted octanol–water partition coefficient (Wildman–Crippen LogP) is 1.75. The number of hydrogen-bond acceptors (Lipinski definition) is 2. The number of hydrogen-bond donors (Lipinski definition) is 1. The SMILES string of the molecule is Cc1c(CC(=O)O)c(=O)c2cc(F)cc(F)c2n1C. The molecule has 1 heterocycles. The zero-order chi connectivity index (χ0) is 14.3. The molecule has 0 amide bonds. The molecule has 2 rings (SSSR count). The molecule has 0 aliphatic heterocycles. The topological polar surface area (TPSA) is 59.3 Å². The van der Waals surface area contributed by atoms with E-state index in [1.165, 1.54) is 18.5 Å². The van der Waals surface area contributed by atoms with Crippen LogP contribution in [0.2, 0.25) is 0 Å². The largest absolute Gasteiger partial charge is 0.481 e. The van der Waals surface area contributed by atoms with E-state index in [0.717, 1.165) is 6.07 Å². The Morgan fingerprint density at radius 2 is 2.00 bits per heavy atom. The van der Waals surface area contributed by atoms with Gasteiger partial charge in [0.15, 0.2) is 5.43 Å². The third-order valence-corrected chi connectivity index (χ3v) is 3.15. The molecule has 100 valence electrons. The van der Waals surface area contributed by atoms with Gasteiger partial charge in [-0.15, -0.1) is 0 Å². The lowest BCUT2D eigenvalue weighted by Gasteiger charge is -2.14. The van der Waals surface area contributed by atoms with Crippen molar-refractivity contribution in [3.63, 3.8) is 0 Å². The number of rotatable bonds is 2. The van der Waals surface area contributed by atoms with Crippen molar-refractivity contribution in [1.29, 1.82) is 0 Å². The molecule has 1 N–H and O–H groups in total. The molecule has 0 unspecified atom stereocenters. The van der Waals surface area contributed by atoms with Gasteiger partial charge in [-0.3, -0.25) is 9.59 Å². The number of halogens is 2. The van der Waals surface area contributed by atoms with Gasteiger partial charge in [-0.1, -0.05) is 0 Å². The number of aliphatic carboxylic acids is 1. The van der Waals surface area contributed by atoms with Gasteiger partial charge in [-0.05, 0) is 13.0 Å². The van der Waals surface area contributed by atoms with Crippen molar-refractivity contribution < 1.29 is 18.7 Å². The Bertz CT molecular complexity index is 750. The number of carboxylic acid groups (broad SMARTS) is 1. The third kappa shape index (κ3) is 2.09. The highest BCUT2D eigenvalue weighted by molar-refractivity contribution is 5.82. The molecule has 4 nitrogen and oxygen atoms in total. The van der Waals surface area contributed by atoms with Crippen molar-refractivity contribution in [1.82, 2.24) is 4.57 Å². The van der Waals surface area contributed by atoms with Crippen LogP contribution in [0.4, 0.5) is 8.78 Å². The first kappa shape index (κ1) is 13.2. The summed E-state index contributed by atoms with van der Waals surface area (Å²) in [5.74, 6) is -2.89. The molecule has 2 aromatic rings. The maximum Gasteiger partial charge on any atom is 0.308 e. The minimum Gasteiger partial charge on any atom is -0.481 e. The highest BCUT2D eigenvalue weighted by Crippen LogP contribution is 2.19. The van der Waals surface area contributed by atoms with E-state index in [2.05, 4.69) is 0 Å². The number of nitrogens with zero attached hydrogens (tertiary/aromatic N) is 1. The van der Waals surface area contributed by atoms with Gasteiger partial charge in [-0.2, -0.15) is 0 Å². The van der Waals surface area contributed by atoms with Crippen LogP contribution < -0.4 is 5.43 Å². The van der Waals surface area contributed by atoms with E-state index in [1.54, 1.807) is 0 Å². The number of aryl methyl sites for hydroxylation is 1. The first-order valence-corrected chi connectivity index (χ1v) is 5.52. The van der Waals surface area contributed by atoms with E-state index in [0.29, 0.717) is 11.8 Å². The first-order chi connectivity index (χ1) is 8.82. The predicted molar refractivity (Wildman–Crippen MR) is 65.2 cm³/mol. The van der Waals surface area contributed by atoms with Crippen LogP contribution in [0.3, 0.4) is 0 Å². The van der Waals surface area contributed by atoms with E-state index in [-0.39, 0.29) is 16.5 Å². The van der Waals surface area contributed by atoms with Crippen LogP contribution in [-0.2, 0) is 18.3 Å². The summed E-state index contributed by atoms with van der Waals surface area (Å²) in [4.78, 5) is 22.9. The first-order valence-electron chi connectivity index (χ1n) is 5.52. The normalized spacial score (nSPS) is 10.9. The van der Waals surface area contributed by atoms with E-state index in [1.807, 2.05) is 0 Å². The summed E-state index contributed by atoms with van der Waals surface area (Å²) in [7, 11) is 1.50. The second-order valence-corrected chi connectivity index (χ2v) is 4.31. The van der Waals surface area contributed by atoms with Gasteiger partial charge in [0.05, 0.1) is 17.3 Å². The molecule has 0 radical (unpaired) electrons. The second kappa shape index (κ2) is 4.46. The van der Waals surface area contributed by atoms with Crippen molar-refractivity contribution in [3.8, 4) is 0 Å². The third-order valence-electron chi connectivity index (χ3n) is 3.15. The Morgan fingerprint density at radius 1 is 1.37 bits per heavy atom.